The Bertz CT molecular complexity index is 1330. The average Bonchev–Trinajstić information content (AvgIpc) is 3.44. The Morgan fingerprint density at radius 1 is 1.06 bits per heavy atom. The van der Waals surface area contributed by atoms with Gasteiger partial charge in [0, 0.05) is 6.42 Å². The second-order valence-electron chi connectivity index (χ2n) is 8.67. The highest BCUT2D eigenvalue weighted by Crippen LogP contribution is 2.40. The molecule has 7 heteroatoms. The van der Waals surface area contributed by atoms with Gasteiger partial charge in [0.1, 0.15) is 23.7 Å². The van der Waals surface area contributed by atoms with Gasteiger partial charge in [-0.1, -0.05) is 41.6 Å². The van der Waals surface area contributed by atoms with Gasteiger partial charge in [-0.05, 0) is 44.0 Å². The van der Waals surface area contributed by atoms with Crippen molar-refractivity contribution in [2.45, 2.75) is 38.8 Å². The van der Waals surface area contributed by atoms with Gasteiger partial charge in [0.05, 0.1) is 29.0 Å². The summed E-state index contributed by atoms with van der Waals surface area (Å²) in [6, 6.07) is 16.5. The summed E-state index contributed by atoms with van der Waals surface area (Å²) in [7, 11) is 0. The molecule has 0 amide bonds. The fraction of sp³-hybridized carbons (Fsp3) is 0.250. The van der Waals surface area contributed by atoms with Crippen molar-refractivity contribution in [2.75, 3.05) is 0 Å². The first-order valence-corrected chi connectivity index (χ1v) is 10.4. The first kappa shape index (κ1) is 18.1. The van der Waals surface area contributed by atoms with E-state index in [0.717, 1.165) is 34.0 Å². The largest absolute Gasteiger partial charge is 0.468 e. The van der Waals surface area contributed by atoms with E-state index in [0.29, 0.717) is 12.3 Å². The van der Waals surface area contributed by atoms with E-state index in [4.69, 9.17) is 14.7 Å². The van der Waals surface area contributed by atoms with Gasteiger partial charge in [0.15, 0.2) is 0 Å². The van der Waals surface area contributed by atoms with Crippen molar-refractivity contribution in [3.05, 3.63) is 89.3 Å². The molecule has 0 bridgehead atoms. The molecule has 0 saturated carbocycles. The van der Waals surface area contributed by atoms with Crippen molar-refractivity contribution >= 4 is 5.90 Å². The van der Waals surface area contributed by atoms with E-state index < -0.39 is 5.60 Å². The van der Waals surface area contributed by atoms with E-state index in [2.05, 4.69) is 66.0 Å². The van der Waals surface area contributed by atoms with Gasteiger partial charge in [-0.25, -0.2) is 14.7 Å². The predicted octanol–water partition coefficient (Wildman–Crippen LogP) is 3.96. The molecule has 7 nitrogen and oxygen atoms in total. The van der Waals surface area contributed by atoms with Crippen LogP contribution in [0.15, 0.2) is 66.0 Å². The van der Waals surface area contributed by atoms with Crippen molar-refractivity contribution in [2.24, 2.45) is 4.99 Å². The van der Waals surface area contributed by atoms with Gasteiger partial charge in [0.25, 0.3) is 0 Å². The maximum atomic E-state index is 6.38. The van der Waals surface area contributed by atoms with Gasteiger partial charge in [0.2, 0.25) is 5.90 Å². The van der Waals surface area contributed by atoms with Crippen molar-refractivity contribution in [1.29, 1.82) is 0 Å². The van der Waals surface area contributed by atoms with Gasteiger partial charge in [-0.3, -0.25) is 4.57 Å². The summed E-state index contributed by atoms with van der Waals surface area (Å²) in [6.07, 6.45) is 4.30. The molecule has 154 valence electrons. The van der Waals surface area contributed by atoms with Crippen LogP contribution in [0.4, 0.5) is 0 Å². The Labute approximate surface area is 180 Å². The van der Waals surface area contributed by atoms with E-state index in [9.17, 15) is 0 Å². The molecule has 31 heavy (non-hydrogen) atoms. The standard InChI is InChI=1S/C24H22N6O/c1-15-9-10-18-19(11-15)30-17(13-26-28-30)12-20-21(25-14-29(18)20)23-27-22(24(2,3)31-23)16-7-5-4-6-8-16/h4-11,13-14,22H,12H2,1-3H3/t22-/m1/s1. The van der Waals surface area contributed by atoms with Gasteiger partial charge >= 0.3 is 0 Å². The second-order valence-corrected chi connectivity index (χ2v) is 8.67. The molecule has 0 saturated heterocycles. The fourth-order valence-electron chi connectivity index (χ4n) is 4.51. The molecule has 4 aromatic rings. The van der Waals surface area contributed by atoms with E-state index in [-0.39, 0.29) is 6.04 Å². The molecule has 2 aromatic carbocycles. The molecule has 0 aliphatic carbocycles. The molecule has 4 heterocycles. The molecule has 0 N–H and O–H groups in total. The number of aliphatic imine (C=N–C) groups is 1. The number of hydrogen-bond acceptors (Lipinski definition) is 5. The molecule has 0 spiro atoms. The van der Waals surface area contributed by atoms with Crippen LogP contribution in [0, 0.1) is 6.92 Å². The van der Waals surface area contributed by atoms with Crippen molar-refractivity contribution < 1.29 is 4.74 Å². The molecule has 0 fully saturated rings. The highest BCUT2D eigenvalue weighted by atomic mass is 16.5. The van der Waals surface area contributed by atoms with Crippen molar-refractivity contribution in [3.63, 3.8) is 0 Å². The van der Waals surface area contributed by atoms with E-state index >= 15 is 0 Å². The number of benzene rings is 2. The Kier molecular flexibility index (Phi) is 3.72. The number of aromatic nitrogens is 5. The number of hydrogen-bond donors (Lipinski definition) is 0. The molecule has 6 rings (SSSR count). The summed E-state index contributed by atoms with van der Waals surface area (Å²) in [5.74, 6) is 0.585. The molecule has 1 atom stereocenters. The van der Waals surface area contributed by atoms with Crippen LogP contribution in [0.3, 0.4) is 0 Å². The van der Waals surface area contributed by atoms with Crippen LogP contribution in [-0.4, -0.2) is 36.0 Å². The molecule has 0 unspecified atom stereocenters. The molecule has 2 aliphatic rings. The number of rotatable bonds is 2. The molecular formula is C24H22N6O. The minimum atomic E-state index is -0.462. The second kappa shape index (κ2) is 6.38. The Hall–Kier alpha value is -3.74. The van der Waals surface area contributed by atoms with Crippen LogP contribution < -0.4 is 0 Å². The van der Waals surface area contributed by atoms with E-state index in [1.165, 1.54) is 5.56 Å². The first-order chi connectivity index (χ1) is 15.0. The summed E-state index contributed by atoms with van der Waals surface area (Å²) in [5, 5.41) is 8.49. The number of imidazole rings is 1. The average molecular weight is 410 g/mol. The summed E-state index contributed by atoms with van der Waals surface area (Å²) >= 11 is 0. The number of ether oxygens (including phenoxy) is 1. The topological polar surface area (TPSA) is 70.1 Å². The zero-order valence-corrected chi connectivity index (χ0v) is 17.6. The van der Waals surface area contributed by atoms with Crippen LogP contribution in [0.1, 0.15) is 48.1 Å². The van der Waals surface area contributed by atoms with E-state index in [1.54, 1.807) is 0 Å². The van der Waals surface area contributed by atoms with Crippen LogP contribution in [0.5, 0.6) is 0 Å². The Balaban J connectivity index is 1.51. The summed E-state index contributed by atoms with van der Waals surface area (Å²) in [4.78, 5) is 9.74. The minimum absolute atomic E-state index is 0.0889. The fourth-order valence-corrected chi connectivity index (χ4v) is 4.51. The van der Waals surface area contributed by atoms with Crippen molar-refractivity contribution in [1.82, 2.24) is 24.5 Å². The lowest BCUT2D eigenvalue weighted by atomic mass is 9.93. The third kappa shape index (κ3) is 2.73. The first-order valence-electron chi connectivity index (χ1n) is 10.4. The SMILES string of the molecule is Cc1ccc2c(c1)-n1nncc1Cc1c(C3=N[C@H](c4ccccc4)C(C)(C)O3)ncn1-2. The summed E-state index contributed by atoms with van der Waals surface area (Å²) < 4.78 is 10.4. The van der Waals surface area contributed by atoms with Crippen LogP contribution in [-0.2, 0) is 11.2 Å². The van der Waals surface area contributed by atoms with Gasteiger partial charge in [-0.15, -0.1) is 5.10 Å². The normalized spacial score (nSPS) is 18.4. The zero-order valence-electron chi connectivity index (χ0n) is 17.6. The van der Waals surface area contributed by atoms with E-state index in [1.807, 2.05) is 35.4 Å². The summed E-state index contributed by atoms with van der Waals surface area (Å²) in [5.41, 5.74) is 6.65. The third-order valence-corrected chi connectivity index (χ3v) is 6.04. The highest BCUT2D eigenvalue weighted by molar-refractivity contribution is 5.95. The van der Waals surface area contributed by atoms with Gasteiger partial charge in [-0.2, -0.15) is 0 Å². The lowest BCUT2D eigenvalue weighted by molar-refractivity contribution is 0.0970. The molecular weight excluding hydrogens is 388 g/mol. The lowest BCUT2D eigenvalue weighted by Crippen LogP contribution is -2.28. The van der Waals surface area contributed by atoms with Crippen molar-refractivity contribution in [3.8, 4) is 11.4 Å². The number of fused-ring (bicyclic) bond motifs is 5. The molecule has 2 aliphatic heterocycles. The van der Waals surface area contributed by atoms with Crippen LogP contribution in [0.2, 0.25) is 0 Å². The Morgan fingerprint density at radius 3 is 2.74 bits per heavy atom. The lowest BCUT2D eigenvalue weighted by Gasteiger charge is -2.25. The van der Waals surface area contributed by atoms with Gasteiger partial charge < -0.3 is 4.74 Å². The Morgan fingerprint density at radius 2 is 1.90 bits per heavy atom. The third-order valence-electron chi connectivity index (χ3n) is 6.04. The predicted molar refractivity (Wildman–Crippen MR) is 117 cm³/mol. The summed E-state index contributed by atoms with van der Waals surface area (Å²) in [6.45, 7) is 6.23. The maximum absolute atomic E-state index is 6.38. The number of nitrogens with zero attached hydrogens (tertiary/aromatic N) is 6. The molecule has 2 aromatic heterocycles. The maximum Gasteiger partial charge on any atom is 0.238 e. The minimum Gasteiger partial charge on any atom is -0.468 e. The van der Waals surface area contributed by atoms with Crippen LogP contribution >= 0.6 is 0 Å². The molecule has 0 radical (unpaired) electrons. The number of aryl methyl sites for hydroxylation is 1. The smallest absolute Gasteiger partial charge is 0.238 e. The van der Waals surface area contributed by atoms with Crippen LogP contribution in [0.25, 0.3) is 11.4 Å². The quantitative estimate of drug-likeness (QED) is 0.442. The highest BCUT2D eigenvalue weighted by Gasteiger charge is 2.41. The monoisotopic (exact) mass is 410 g/mol. The zero-order chi connectivity index (χ0) is 21.2.